The minimum absolute atomic E-state index is 0.0243. The third-order valence-electron chi connectivity index (χ3n) is 5.78. The molecular formula is C27H16N8O6. The number of carboxylic acids is 2. The van der Waals surface area contributed by atoms with E-state index in [1.807, 2.05) is 6.07 Å². The Morgan fingerprint density at radius 3 is 2.27 bits per heavy atom. The number of nitrogens with zero attached hydrogens (tertiary/aromatic N) is 7. The molecule has 14 heteroatoms. The molecule has 5 aromatic rings. The second-order valence-corrected chi connectivity index (χ2v) is 8.36. The smallest absolute Gasteiger partial charge is 0.335 e. The molecule has 0 bridgehead atoms. The Labute approximate surface area is 229 Å². The highest BCUT2D eigenvalue weighted by Gasteiger charge is 2.21. The van der Waals surface area contributed by atoms with E-state index in [4.69, 9.17) is 0 Å². The van der Waals surface area contributed by atoms with Crippen molar-refractivity contribution in [2.24, 2.45) is 10.2 Å². The van der Waals surface area contributed by atoms with Crippen molar-refractivity contribution in [1.82, 2.24) is 19.7 Å². The number of azo groups is 1. The molecule has 0 fully saturated rings. The standard InChI is InChI=1S/C27H16N8O6/c28-12-17-13-31-35(27-29-6-3-7-30-27)23(17)34-33-21-19-5-2-1-4-14(19)11-20(22(21)36)24(37)32-18-9-15(25(38)39)8-16(10-18)26(40)41/h1-11,13,36H,(H,32,37)(H,38,39)(H,40,41). The number of phenolic OH excluding ortho intramolecular Hbond substituents is 1. The van der Waals surface area contributed by atoms with E-state index in [-0.39, 0.29) is 45.4 Å². The van der Waals surface area contributed by atoms with E-state index < -0.39 is 23.6 Å². The van der Waals surface area contributed by atoms with Gasteiger partial charge in [0.05, 0.1) is 22.9 Å². The minimum Gasteiger partial charge on any atom is -0.505 e. The zero-order chi connectivity index (χ0) is 29.1. The number of nitriles is 1. The van der Waals surface area contributed by atoms with E-state index in [9.17, 15) is 35.0 Å². The summed E-state index contributed by atoms with van der Waals surface area (Å²) >= 11 is 0. The van der Waals surface area contributed by atoms with Gasteiger partial charge in [0.25, 0.3) is 11.9 Å². The fraction of sp³-hybridized carbons (Fsp3) is 0. The van der Waals surface area contributed by atoms with Crippen molar-refractivity contribution in [2.75, 3.05) is 5.32 Å². The number of hydrogen-bond acceptors (Lipinski definition) is 10. The molecule has 0 aliphatic carbocycles. The molecule has 2 aromatic heterocycles. The van der Waals surface area contributed by atoms with Crippen LogP contribution in [0.25, 0.3) is 16.7 Å². The zero-order valence-corrected chi connectivity index (χ0v) is 20.6. The van der Waals surface area contributed by atoms with Gasteiger partial charge in [0.1, 0.15) is 17.3 Å². The minimum atomic E-state index is -1.39. The van der Waals surface area contributed by atoms with Crippen LogP contribution in [-0.2, 0) is 0 Å². The van der Waals surface area contributed by atoms with E-state index in [1.165, 1.54) is 29.3 Å². The first-order chi connectivity index (χ1) is 19.8. The summed E-state index contributed by atoms with van der Waals surface area (Å²) in [5.41, 5.74) is -1.14. The molecule has 0 aliphatic rings. The van der Waals surface area contributed by atoms with Crippen LogP contribution in [0.15, 0.2) is 83.4 Å². The average molecular weight is 548 g/mol. The molecule has 0 radical (unpaired) electrons. The van der Waals surface area contributed by atoms with Gasteiger partial charge in [-0.1, -0.05) is 24.3 Å². The summed E-state index contributed by atoms with van der Waals surface area (Å²) in [5, 5.41) is 55.1. The zero-order valence-electron chi connectivity index (χ0n) is 20.6. The van der Waals surface area contributed by atoms with E-state index >= 15 is 0 Å². The Balaban J connectivity index is 1.59. The lowest BCUT2D eigenvalue weighted by Gasteiger charge is -2.12. The van der Waals surface area contributed by atoms with Gasteiger partial charge < -0.3 is 20.6 Å². The Hall–Kier alpha value is -6.49. The van der Waals surface area contributed by atoms with Crippen LogP contribution >= 0.6 is 0 Å². The third-order valence-corrected chi connectivity index (χ3v) is 5.78. The molecule has 41 heavy (non-hydrogen) atoms. The normalized spacial score (nSPS) is 10.9. The second kappa shape index (κ2) is 10.7. The topological polar surface area (TPSA) is 216 Å². The number of rotatable bonds is 7. The largest absolute Gasteiger partial charge is 0.505 e. The number of carbonyl (C=O) groups excluding carboxylic acids is 1. The molecule has 5 rings (SSSR count). The Morgan fingerprint density at radius 2 is 1.61 bits per heavy atom. The summed E-state index contributed by atoms with van der Waals surface area (Å²) in [4.78, 5) is 44.4. The lowest BCUT2D eigenvalue weighted by molar-refractivity contribution is 0.0696. The van der Waals surface area contributed by atoms with E-state index in [0.29, 0.717) is 10.8 Å². The Morgan fingerprint density at radius 1 is 0.927 bits per heavy atom. The number of nitrogens with one attached hydrogen (secondary N) is 1. The van der Waals surface area contributed by atoms with Crippen molar-refractivity contribution in [1.29, 1.82) is 5.26 Å². The molecule has 2 heterocycles. The average Bonchev–Trinajstić information content (AvgIpc) is 3.39. The van der Waals surface area contributed by atoms with Gasteiger partial charge in [-0.2, -0.15) is 15.0 Å². The molecule has 0 spiro atoms. The maximum absolute atomic E-state index is 13.3. The first-order valence-electron chi connectivity index (χ1n) is 11.6. The summed E-state index contributed by atoms with van der Waals surface area (Å²) in [5.74, 6) is -4.13. The highest BCUT2D eigenvalue weighted by atomic mass is 16.4. The molecule has 0 saturated heterocycles. The molecule has 0 aliphatic heterocycles. The number of aromatic carboxylic acids is 2. The molecule has 0 saturated carbocycles. The Kier molecular flexibility index (Phi) is 6.82. The number of fused-ring (bicyclic) bond motifs is 1. The number of anilines is 1. The maximum Gasteiger partial charge on any atom is 0.335 e. The Bertz CT molecular complexity index is 1900. The van der Waals surface area contributed by atoms with Gasteiger partial charge in [0.2, 0.25) is 0 Å². The van der Waals surface area contributed by atoms with Crippen LogP contribution in [0.5, 0.6) is 5.75 Å². The van der Waals surface area contributed by atoms with Crippen LogP contribution < -0.4 is 5.32 Å². The molecule has 4 N–H and O–H groups in total. The summed E-state index contributed by atoms with van der Waals surface area (Å²) in [6, 6.07) is 14.8. The van der Waals surface area contributed by atoms with Gasteiger partial charge in [-0.25, -0.2) is 19.6 Å². The van der Waals surface area contributed by atoms with Crippen LogP contribution in [-0.4, -0.2) is 52.9 Å². The molecule has 1 amide bonds. The van der Waals surface area contributed by atoms with E-state index in [1.54, 1.807) is 30.3 Å². The molecule has 14 nitrogen and oxygen atoms in total. The van der Waals surface area contributed by atoms with Crippen LogP contribution in [0.3, 0.4) is 0 Å². The molecule has 200 valence electrons. The maximum atomic E-state index is 13.3. The van der Waals surface area contributed by atoms with Gasteiger partial charge in [-0.05, 0) is 35.7 Å². The highest BCUT2D eigenvalue weighted by molar-refractivity contribution is 6.12. The lowest BCUT2D eigenvalue weighted by atomic mass is 10.0. The van der Waals surface area contributed by atoms with Crippen LogP contribution in [0.2, 0.25) is 0 Å². The monoisotopic (exact) mass is 548 g/mol. The number of hydrogen-bond donors (Lipinski definition) is 4. The molecular weight excluding hydrogens is 532 g/mol. The number of aromatic hydroxyl groups is 1. The van der Waals surface area contributed by atoms with Gasteiger partial charge in [0.15, 0.2) is 11.6 Å². The summed E-state index contributed by atoms with van der Waals surface area (Å²) in [7, 11) is 0. The van der Waals surface area contributed by atoms with Crippen molar-refractivity contribution in [2.45, 2.75) is 0 Å². The first kappa shape index (κ1) is 26.1. The van der Waals surface area contributed by atoms with Crippen molar-refractivity contribution in [3.63, 3.8) is 0 Å². The summed E-state index contributed by atoms with van der Waals surface area (Å²) < 4.78 is 1.19. The fourth-order valence-corrected chi connectivity index (χ4v) is 3.90. The lowest BCUT2D eigenvalue weighted by Crippen LogP contribution is -2.14. The predicted octanol–water partition coefficient (Wildman–Crippen LogP) is 4.46. The van der Waals surface area contributed by atoms with Gasteiger partial charge in [-0.3, -0.25) is 4.79 Å². The summed E-state index contributed by atoms with van der Waals surface area (Å²) in [6.07, 6.45) is 4.21. The van der Waals surface area contributed by atoms with Crippen LogP contribution in [0, 0.1) is 11.3 Å². The quantitative estimate of drug-likeness (QED) is 0.209. The fourth-order valence-electron chi connectivity index (χ4n) is 3.90. The number of carboxylic acid groups (broad SMARTS) is 2. The van der Waals surface area contributed by atoms with Crippen molar-refractivity contribution in [3.8, 4) is 17.8 Å². The number of benzene rings is 3. The number of amides is 1. The first-order valence-corrected chi connectivity index (χ1v) is 11.6. The second-order valence-electron chi connectivity index (χ2n) is 8.36. The summed E-state index contributed by atoms with van der Waals surface area (Å²) in [6.45, 7) is 0. The SMILES string of the molecule is N#Cc1cnn(-c2ncccn2)c1N=Nc1c(O)c(C(=O)Nc2cc(C(=O)O)cc(C(=O)O)c2)cc2ccccc12. The number of carbonyl (C=O) groups is 3. The van der Waals surface area contributed by atoms with E-state index in [0.717, 1.165) is 18.2 Å². The van der Waals surface area contributed by atoms with Crippen molar-refractivity contribution < 1.29 is 29.7 Å². The molecule has 0 unspecified atom stereocenters. The van der Waals surface area contributed by atoms with Gasteiger partial charge >= 0.3 is 11.9 Å². The van der Waals surface area contributed by atoms with Crippen LogP contribution in [0.1, 0.15) is 36.6 Å². The molecule has 3 aromatic carbocycles. The molecule has 0 atom stereocenters. The third kappa shape index (κ3) is 5.13. The van der Waals surface area contributed by atoms with Gasteiger partial charge in [0, 0.05) is 23.5 Å². The number of phenols is 1. The highest BCUT2D eigenvalue weighted by Crippen LogP contribution is 2.40. The van der Waals surface area contributed by atoms with Crippen molar-refractivity contribution >= 4 is 45.8 Å². The van der Waals surface area contributed by atoms with E-state index in [2.05, 4.69) is 30.6 Å². The van der Waals surface area contributed by atoms with Crippen LogP contribution in [0.4, 0.5) is 17.2 Å². The van der Waals surface area contributed by atoms with Crippen molar-refractivity contribution in [3.05, 3.63) is 95.4 Å². The number of aromatic nitrogens is 4. The predicted molar refractivity (Wildman–Crippen MR) is 142 cm³/mol. The van der Waals surface area contributed by atoms with Gasteiger partial charge in [-0.15, -0.1) is 10.2 Å².